The third-order valence-corrected chi connectivity index (χ3v) is 25.1. The Morgan fingerprint density at radius 2 is 0.568 bits per heavy atom. The Hall–Kier alpha value is -16.5. The summed E-state index contributed by atoms with van der Waals surface area (Å²) in [6.07, 6.45) is 5.68. The Bertz CT molecular complexity index is 8570. The number of thiophene rings is 1. The number of pyridine rings is 3. The fraction of sp³-hybridized carbons (Fsp3) is 0. The van der Waals surface area contributed by atoms with E-state index in [-0.39, 0.29) is 0 Å². The molecule has 10 heteroatoms. The molecule has 0 spiro atoms. The average Bonchev–Trinajstić information content (AvgIpc) is 1.64. The first-order valence-electron chi connectivity index (χ1n) is 41.9. The highest BCUT2D eigenvalue weighted by Crippen LogP contribution is 2.46. The molecule has 18 aromatic carbocycles. The zero-order chi connectivity index (χ0) is 82.7. The molecule has 0 radical (unpaired) electrons. The number of fused-ring (bicyclic) bond motifs is 16. The molecule has 9 nitrogen and oxygen atoms in total. The molecule has 0 unspecified atom stereocenters. The molecule has 0 amide bonds. The Labute approximate surface area is 723 Å². The van der Waals surface area contributed by atoms with Gasteiger partial charge in [0.1, 0.15) is 0 Å². The molecule has 0 atom stereocenters. The summed E-state index contributed by atoms with van der Waals surface area (Å²) in [5.74, 6) is 1.47. The summed E-state index contributed by atoms with van der Waals surface area (Å²) in [5, 5.41) is 17.4. The van der Waals surface area contributed by atoms with E-state index in [9.17, 15) is 0 Å². The first-order chi connectivity index (χ1) is 62.0. The van der Waals surface area contributed by atoms with Gasteiger partial charge in [0.2, 0.25) is 0 Å². The van der Waals surface area contributed by atoms with Gasteiger partial charge in [0.15, 0.2) is 11.6 Å². The molecule has 0 bridgehead atoms. The predicted molar refractivity (Wildman–Crippen MR) is 522 cm³/mol. The first-order valence-corrected chi connectivity index (χ1v) is 42.8. The van der Waals surface area contributed by atoms with Crippen molar-refractivity contribution in [2.75, 3.05) is 0 Å². The van der Waals surface area contributed by atoms with Crippen molar-refractivity contribution in [3.8, 4) is 112 Å². The quantitative estimate of drug-likeness (QED) is 0.123. The largest absolute Gasteiger partial charge is 0.256 e. The van der Waals surface area contributed by atoms with Gasteiger partial charge >= 0.3 is 0 Å². The van der Waals surface area contributed by atoms with E-state index in [1.165, 1.54) is 92.3 Å². The smallest absolute Gasteiger partial charge is 0.161 e. The van der Waals surface area contributed by atoms with E-state index in [1.54, 1.807) is 11.3 Å². The second-order valence-electron chi connectivity index (χ2n) is 31.3. The van der Waals surface area contributed by atoms with E-state index < -0.39 is 0 Å². The van der Waals surface area contributed by atoms with Crippen molar-refractivity contribution in [3.63, 3.8) is 0 Å². The number of benzene rings is 18. The molecule has 7 heterocycles. The van der Waals surface area contributed by atoms with Gasteiger partial charge in [0.25, 0.3) is 0 Å². The van der Waals surface area contributed by atoms with Crippen molar-refractivity contribution < 1.29 is 0 Å². The van der Waals surface area contributed by atoms with Crippen molar-refractivity contribution >= 4 is 140 Å². The number of para-hydroxylation sites is 3. The predicted octanol–water partition coefficient (Wildman–Crippen LogP) is 30.2. The van der Waals surface area contributed by atoms with Crippen LogP contribution >= 0.6 is 11.3 Å². The monoisotopic (exact) mass is 1610 g/mol. The Morgan fingerprint density at radius 1 is 0.176 bits per heavy atom. The van der Waals surface area contributed by atoms with Gasteiger partial charge in [-0.15, -0.1) is 11.3 Å². The summed E-state index contributed by atoms with van der Waals surface area (Å²) < 4.78 is 2.34. The number of rotatable bonds is 10. The number of nitrogens with zero attached hydrogens (tertiary/aromatic N) is 9. The van der Waals surface area contributed by atoms with Gasteiger partial charge in [0, 0.05) is 99.8 Å². The summed E-state index contributed by atoms with van der Waals surface area (Å²) in [5.41, 5.74) is 26.2. The standard InChI is InChI=1S/C45H27N3S.C43H27N3.C27H17N3/c1-2-11-28(12-3-1)42-44-43(39-18-6-7-21-40(39)49-44)48-45(47-42)38-25-24-33(34-16-4-5-17-35(34)38)31-14-8-13-30(27-31)32-19-9-20-37-36(32)23-22-29-15-10-26-46-41(29)37;1-2-11-28(12-3-1)42-39-18-6-7-21-40(39)45-43(46-42)38-25-24-33(34-16-4-5-17-35(34)38)31-14-8-13-30(27-31)32-19-9-20-37-36(32)23-22-29-15-10-26-44-41(29)37;1-2-8-18(9-3-1)26-27(30-24-13-7-6-12-23(24)29-26)19-14-15-22-21-11-5-4-10-20(21)17-28-25(22)16-19/h1-27H;1-27H;1-17H. The summed E-state index contributed by atoms with van der Waals surface area (Å²) >= 11 is 1.76. The highest BCUT2D eigenvalue weighted by atomic mass is 32.1. The molecule has 25 rings (SSSR count). The Morgan fingerprint density at radius 3 is 1.14 bits per heavy atom. The van der Waals surface area contributed by atoms with Crippen LogP contribution < -0.4 is 0 Å². The lowest BCUT2D eigenvalue weighted by atomic mass is 9.91. The SMILES string of the molecule is c1ccc(-c2nc(-c3ccc(-c4cccc(-c5cccc6c5ccc5cccnc56)c4)c4ccccc34)nc3c2sc2ccccc23)cc1.c1ccc(-c2nc(-c3ccc(-c4cccc(-c5cccc6c5ccc5cccnc56)c4)c4ccccc34)nc3ccccc23)cc1.c1ccc(-c2nc3ccccc3nc2-c2ccc3c(c2)ncc2ccccc23)cc1. The van der Waals surface area contributed by atoms with Gasteiger partial charge in [-0.2, -0.15) is 0 Å². The van der Waals surface area contributed by atoms with Gasteiger partial charge < -0.3 is 0 Å². The number of aromatic nitrogens is 9. The van der Waals surface area contributed by atoms with E-state index in [4.69, 9.17) is 44.9 Å². The molecule has 0 N–H and O–H groups in total. The lowest BCUT2D eigenvalue weighted by Crippen LogP contribution is -1.96. The normalized spacial score (nSPS) is 11.5. The highest BCUT2D eigenvalue weighted by molar-refractivity contribution is 7.26. The summed E-state index contributed by atoms with van der Waals surface area (Å²) in [7, 11) is 0. The number of hydrogen-bond donors (Lipinski definition) is 0. The van der Waals surface area contributed by atoms with E-state index in [2.05, 4.69) is 328 Å². The molecule has 25 aromatic rings. The third kappa shape index (κ3) is 13.5. The molecule has 582 valence electrons. The van der Waals surface area contributed by atoms with Crippen LogP contribution in [0.4, 0.5) is 0 Å². The zero-order valence-electron chi connectivity index (χ0n) is 67.4. The van der Waals surface area contributed by atoms with Crippen LogP contribution in [0.5, 0.6) is 0 Å². The van der Waals surface area contributed by atoms with Crippen LogP contribution in [0.3, 0.4) is 0 Å². The van der Waals surface area contributed by atoms with Crippen LogP contribution in [0.2, 0.25) is 0 Å². The molecule has 0 fully saturated rings. The summed E-state index contributed by atoms with van der Waals surface area (Å²) in [6.45, 7) is 0. The van der Waals surface area contributed by atoms with Crippen molar-refractivity contribution in [3.05, 3.63) is 431 Å². The Kier molecular flexibility index (Phi) is 18.6. The molecule has 7 aromatic heterocycles. The zero-order valence-corrected chi connectivity index (χ0v) is 68.2. The molecule has 0 aliphatic rings. The lowest BCUT2D eigenvalue weighted by Gasteiger charge is -2.14. The van der Waals surface area contributed by atoms with Crippen molar-refractivity contribution in [1.82, 2.24) is 44.9 Å². The van der Waals surface area contributed by atoms with Crippen LogP contribution in [0.15, 0.2) is 431 Å². The van der Waals surface area contributed by atoms with E-state index >= 15 is 0 Å². The fourth-order valence-corrected chi connectivity index (χ4v) is 19.2. The summed E-state index contributed by atoms with van der Waals surface area (Å²) in [4.78, 5) is 44.9. The van der Waals surface area contributed by atoms with Crippen LogP contribution in [0.25, 0.3) is 241 Å². The maximum atomic E-state index is 5.29. The van der Waals surface area contributed by atoms with Crippen molar-refractivity contribution in [2.24, 2.45) is 0 Å². The maximum Gasteiger partial charge on any atom is 0.161 e. The average molecular weight is 1610 g/mol. The third-order valence-electron chi connectivity index (χ3n) is 24.0. The molecule has 0 aliphatic carbocycles. The van der Waals surface area contributed by atoms with E-state index in [1.807, 2.05) is 104 Å². The highest BCUT2D eigenvalue weighted by Gasteiger charge is 2.23. The van der Waals surface area contributed by atoms with Gasteiger partial charge in [-0.3, -0.25) is 15.0 Å². The molecule has 0 saturated carbocycles. The second kappa shape index (κ2) is 31.6. The minimum Gasteiger partial charge on any atom is -0.256 e. The maximum absolute atomic E-state index is 5.29. The minimum absolute atomic E-state index is 0.727. The van der Waals surface area contributed by atoms with Gasteiger partial charge in [-0.1, -0.05) is 346 Å². The molecule has 0 saturated heterocycles. The van der Waals surface area contributed by atoms with Crippen LogP contribution in [-0.4, -0.2) is 44.9 Å². The molecular formula is C115H71N9S. The molecular weight excluding hydrogens is 1540 g/mol. The van der Waals surface area contributed by atoms with Gasteiger partial charge in [0.05, 0.1) is 66.1 Å². The molecule has 125 heavy (non-hydrogen) atoms. The van der Waals surface area contributed by atoms with Crippen LogP contribution in [-0.2, 0) is 0 Å². The van der Waals surface area contributed by atoms with Crippen molar-refractivity contribution in [1.29, 1.82) is 0 Å². The van der Waals surface area contributed by atoms with E-state index in [0.717, 1.165) is 149 Å². The Balaban J connectivity index is 0.000000111. The fourth-order valence-electron chi connectivity index (χ4n) is 18.0. The summed E-state index contributed by atoms with van der Waals surface area (Å²) in [6, 6.07) is 144. The molecule has 0 aliphatic heterocycles. The van der Waals surface area contributed by atoms with Crippen LogP contribution in [0.1, 0.15) is 0 Å². The van der Waals surface area contributed by atoms with Gasteiger partial charge in [-0.05, 0) is 149 Å². The topological polar surface area (TPSA) is 116 Å². The second-order valence-corrected chi connectivity index (χ2v) is 32.4. The minimum atomic E-state index is 0.727. The van der Waals surface area contributed by atoms with Gasteiger partial charge in [-0.25, -0.2) is 29.9 Å². The number of hydrogen-bond acceptors (Lipinski definition) is 10. The van der Waals surface area contributed by atoms with E-state index in [0.29, 0.717) is 0 Å². The van der Waals surface area contributed by atoms with Crippen molar-refractivity contribution in [2.45, 2.75) is 0 Å². The first kappa shape index (κ1) is 73.6. The lowest BCUT2D eigenvalue weighted by molar-refractivity contribution is 1.23. The van der Waals surface area contributed by atoms with Crippen LogP contribution in [0, 0.1) is 0 Å².